The fraction of sp³-hybridized carbons (Fsp3) is 0.318. The number of amides is 1. The molecule has 2 aromatic rings. The molecule has 0 saturated carbocycles. The number of aryl methyl sites for hydroxylation is 1. The van der Waals surface area contributed by atoms with Crippen molar-refractivity contribution in [3.8, 4) is 0 Å². The number of hydrogen-bond acceptors (Lipinski definition) is 4. The highest BCUT2D eigenvalue weighted by Gasteiger charge is 2.38. The highest BCUT2D eigenvalue weighted by atomic mass is 31.2. The highest BCUT2D eigenvalue weighted by molar-refractivity contribution is 7.58. The Bertz CT molecular complexity index is 962. The lowest BCUT2D eigenvalue weighted by molar-refractivity contribution is -0.148. The second-order valence-corrected chi connectivity index (χ2v) is 9.84. The van der Waals surface area contributed by atoms with Crippen molar-refractivity contribution in [3.05, 3.63) is 71.8 Å². The molecule has 2 atom stereocenters. The zero-order valence-corrected chi connectivity index (χ0v) is 17.4. The Morgan fingerprint density at radius 2 is 1.67 bits per heavy atom. The van der Waals surface area contributed by atoms with Gasteiger partial charge in [0.05, 0.1) is 5.71 Å². The van der Waals surface area contributed by atoms with Crippen LogP contribution in [0.2, 0.25) is 0 Å². The lowest BCUT2D eigenvalue weighted by Crippen LogP contribution is -2.40. The van der Waals surface area contributed by atoms with Crippen LogP contribution in [0.3, 0.4) is 0 Å². The van der Waals surface area contributed by atoms with Crippen LogP contribution < -0.4 is 0 Å². The van der Waals surface area contributed by atoms with Gasteiger partial charge in [0.1, 0.15) is 6.16 Å². The van der Waals surface area contributed by atoms with E-state index in [1.807, 2.05) is 36.4 Å². The molecular weight excluding hydrogens is 403 g/mol. The number of nitrogens with zero attached hydrogens (tertiary/aromatic N) is 2. The predicted molar refractivity (Wildman–Crippen MR) is 115 cm³/mol. The lowest BCUT2D eigenvalue weighted by atomic mass is 10.0. The molecule has 0 aliphatic carbocycles. The number of unbranched alkanes of at least 4 members (excludes halogenated alkanes) is 1. The van der Waals surface area contributed by atoms with Crippen molar-refractivity contribution in [3.63, 3.8) is 0 Å². The first-order valence-electron chi connectivity index (χ1n) is 9.88. The maximum absolute atomic E-state index is 12.6. The summed E-state index contributed by atoms with van der Waals surface area (Å²) in [5, 5.41) is 14.5. The minimum absolute atomic E-state index is 0.0202. The molecule has 0 aromatic heterocycles. The third-order valence-corrected chi connectivity index (χ3v) is 6.79. The summed E-state index contributed by atoms with van der Waals surface area (Å²) in [5.74, 6) is -1.92. The number of rotatable bonds is 9. The largest absolute Gasteiger partial charge is 0.480 e. The molecule has 1 aliphatic heterocycles. The monoisotopic (exact) mass is 428 g/mol. The van der Waals surface area contributed by atoms with Crippen LogP contribution in [-0.2, 0) is 20.6 Å². The van der Waals surface area contributed by atoms with Gasteiger partial charge in [0, 0.05) is 12.6 Å². The van der Waals surface area contributed by atoms with Gasteiger partial charge in [-0.15, -0.1) is 0 Å². The van der Waals surface area contributed by atoms with Gasteiger partial charge in [0.2, 0.25) is 7.37 Å². The van der Waals surface area contributed by atoms with E-state index in [0.29, 0.717) is 12.1 Å². The van der Waals surface area contributed by atoms with Crippen LogP contribution in [0.5, 0.6) is 0 Å². The van der Waals surface area contributed by atoms with Crippen molar-refractivity contribution < 1.29 is 24.2 Å². The van der Waals surface area contributed by atoms with Gasteiger partial charge in [-0.2, -0.15) is 5.10 Å². The molecule has 1 amide bonds. The molecule has 0 radical (unpaired) electrons. The average molecular weight is 428 g/mol. The SMILES string of the molecule is O=C(O)[C@H]1CC(c2ccccc2)=NN1C(=O)CP(=O)(O)CCCCc1ccccc1. The molecular formula is C22H25N2O5P. The molecule has 0 saturated heterocycles. The Hall–Kier alpha value is -2.76. The van der Waals surface area contributed by atoms with E-state index >= 15 is 0 Å². The minimum atomic E-state index is -3.72. The second kappa shape index (κ2) is 9.83. The Morgan fingerprint density at radius 1 is 1.03 bits per heavy atom. The van der Waals surface area contributed by atoms with Gasteiger partial charge in [-0.25, -0.2) is 9.80 Å². The summed E-state index contributed by atoms with van der Waals surface area (Å²) in [6, 6.07) is 17.7. The van der Waals surface area contributed by atoms with Crippen LogP contribution in [0.25, 0.3) is 0 Å². The maximum Gasteiger partial charge on any atom is 0.329 e. The molecule has 1 aliphatic rings. The molecule has 30 heavy (non-hydrogen) atoms. The van der Waals surface area contributed by atoms with Crippen LogP contribution in [-0.4, -0.2) is 51.0 Å². The summed E-state index contributed by atoms with van der Waals surface area (Å²) >= 11 is 0. The Labute approximate surface area is 175 Å². The van der Waals surface area contributed by atoms with E-state index < -0.39 is 31.4 Å². The van der Waals surface area contributed by atoms with Crippen LogP contribution in [0.1, 0.15) is 30.4 Å². The topological polar surface area (TPSA) is 107 Å². The van der Waals surface area contributed by atoms with Crippen molar-refractivity contribution in [1.29, 1.82) is 0 Å². The number of carbonyl (C=O) groups excluding carboxylic acids is 1. The average Bonchev–Trinajstić information content (AvgIpc) is 3.19. The molecule has 2 aromatic carbocycles. The maximum atomic E-state index is 12.6. The van der Waals surface area contributed by atoms with Crippen molar-refractivity contribution in [1.82, 2.24) is 5.01 Å². The van der Waals surface area contributed by atoms with E-state index in [1.54, 1.807) is 24.3 Å². The molecule has 158 valence electrons. The van der Waals surface area contributed by atoms with Gasteiger partial charge in [-0.3, -0.25) is 9.36 Å². The number of carboxylic acid groups (broad SMARTS) is 1. The van der Waals surface area contributed by atoms with Crippen LogP contribution in [0.4, 0.5) is 0 Å². The number of hydrazone groups is 1. The van der Waals surface area contributed by atoms with E-state index in [2.05, 4.69) is 5.10 Å². The molecule has 0 bridgehead atoms. The Kier molecular flexibility index (Phi) is 7.19. The second-order valence-electron chi connectivity index (χ2n) is 7.38. The summed E-state index contributed by atoms with van der Waals surface area (Å²) in [7, 11) is -3.72. The van der Waals surface area contributed by atoms with Gasteiger partial charge >= 0.3 is 5.97 Å². The van der Waals surface area contributed by atoms with Gasteiger partial charge in [0.25, 0.3) is 5.91 Å². The lowest BCUT2D eigenvalue weighted by Gasteiger charge is -2.19. The third-order valence-electron chi connectivity index (χ3n) is 5.01. The van der Waals surface area contributed by atoms with Crippen molar-refractivity contribution in [2.24, 2.45) is 5.10 Å². The summed E-state index contributed by atoms with van der Waals surface area (Å²) in [4.78, 5) is 34.5. The standard InChI is InChI=1S/C22H25N2O5P/c25-21(16-30(28,29)14-8-7-11-17-9-3-1-4-10-17)24-20(22(26)27)15-19(23-24)18-12-5-2-6-13-18/h1-6,9-10,12-13,20H,7-8,11,14-16H2,(H,26,27)(H,28,29)/t20-/m1/s1. The van der Waals surface area contributed by atoms with Crippen LogP contribution in [0, 0.1) is 0 Å². The highest BCUT2D eigenvalue weighted by Crippen LogP contribution is 2.42. The molecule has 0 fully saturated rings. The molecule has 7 nitrogen and oxygen atoms in total. The fourth-order valence-corrected chi connectivity index (χ4v) is 4.88. The van der Waals surface area contributed by atoms with E-state index in [1.165, 1.54) is 0 Å². The molecule has 8 heteroatoms. The minimum Gasteiger partial charge on any atom is -0.480 e. The van der Waals surface area contributed by atoms with Crippen molar-refractivity contribution in [2.45, 2.75) is 31.7 Å². The van der Waals surface area contributed by atoms with Crippen molar-refractivity contribution in [2.75, 3.05) is 12.3 Å². The number of benzene rings is 2. The summed E-state index contributed by atoms with van der Waals surface area (Å²) in [6.45, 7) is 0. The van der Waals surface area contributed by atoms with E-state index in [9.17, 15) is 24.2 Å². The molecule has 0 spiro atoms. The van der Waals surface area contributed by atoms with Gasteiger partial charge in [-0.05, 0) is 30.4 Å². The van der Waals surface area contributed by atoms with E-state index in [4.69, 9.17) is 0 Å². The van der Waals surface area contributed by atoms with Gasteiger partial charge in [-0.1, -0.05) is 60.7 Å². The summed E-state index contributed by atoms with van der Waals surface area (Å²) in [6.07, 6.45) is 1.53. The number of hydrogen-bond donors (Lipinski definition) is 2. The summed E-state index contributed by atoms with van der Waals surface area (Å²) in [5.41, 5.74) is 2.37. The molecule has 2 N–H and O–H groups in total. The molecule has 1 unspecified atom stereocenters. The summed E-state index contributed by atoms with van der Waals surface area (Å²) < 4.78 is 12.5. The van der Waals surface area contributed by atoms with E-state index in [0.717, 1.165) is 29.0 Å². The number of carbonyl (C=O) groups is 2. The zero-order chi connectivity index (χ0) is 21.6. The Morgan fingerprint density at radius 3 is 2.30 bits per heavy atom. The molecule has 1 heterocycles. The smallest absolute Gasteiger partial charge is 0.329 e. The number of aliphatic carboxylic acids is 1. The van der Waals surface area contributed by atoms with E-state index in [-0.39, 0.29) is 12.6 Å². The van der Waals surface area contributed by atoms with Crippen molar-refractivity contribution >= 4 is 25.0 Å². The van der Waals surface area contributed by atoms with Gasteiger partial charge in [0.15, 0.2) is 6.04 Å². The first-order chi connectivity index (χ1) is 14.4. The number of carboxylic acids is 1. The predicted octanol–water partition coefficient (Wildman–Crippen LogP) is 3.37. The normalized spacial score (nSPS) is 18.0. The quantitative estimate of drug-likeness (QED) is 0.470. The zero-order valence-electron chi connectivity index (χ0n) is 16.6. The fourth-order valence-electron chi connectivity index (χ4n) is 3.43. The molecule has 3 rings (SSSR count). The van der Waals surface area contributed by atoms with Gasteiger partial charge < -0.3 is 10.00 Å². The van der Waals surface area contributed by atoms with Crippen LogP contribution >= 0.6 is 7.37 Å². The van der Waals surface area contributed by atoms with Crippen LogP contribution in [0.15, 0.2) is 65.8 Å². The first-order valence-corrected chi connectivity index (χ1v) is 11.9. The third kappa shape index (κ3) is 5.88. The first kappa shape index (κ1) is 21.9. The Balaban J connectivity index is 1.58.